The summed E-state index contributed by atoms with van der Waals surface area (Å²) >= 11 is 6.55. The Bertz CT molecular complexity index is 1520. The van der Waals surface area contributed by atoms with Gasteiger partial charge in [-0.2, -0.15) is 0 Å². The number of nitrogens with one attached hydrogen (secondary N) is 1. The van der Waals surface area contributed by atoms with Gasteiger partial charge in [-0.15, -0.1) is 0 Å². The van der Waals surface area contributed by atoms with E-state index in [1.54, 1.807) is 11.0 Å². The fraction of sp³-hybridized carbons (Fsp3) is 0.429. The van der Waals surface area contributed by atoms with Gasteiger partial charge >= 0.3 is 0 Å². The third-order valence-electron chi connectivity index (χ3n) is 8.31. The Hall–Kier alpha value is -3.36. The lowest BCUT2D eigenvalue weighted by Crippen LogP contribution is -2.53. The molecule has 1 aliphatic carbocycles. The van der Waals surface area contributed by atoms with E-state index in [1.165, 1.54) is 17.0 Å². The van der Waals surface area contributed by atoms with Crippen molar-refractivity contribution >= 4 is 39.1 Å². The molecule has 0 heterocycles. The number of benzene rings is 3. The van der Waals surface area contributed by atoms with Crippen LogP contribution in [-0.2, 0) is 32.6 Å². The smallest absolute Gasteiger partial charge is 0.243 e. The van der Waals surface area contributed by atoms with E-state index in [9.17, 15) is 18.0 Å². The molecule has 3 aromatic rings. The van der Waals surface area contributed by atoms with Gasteiger partial charge in [0, 0.05) is 37.0 Å². The van der Waals surface area contributed by atoms with E-state index >= 15 is 0 Å². The highest BCUT2D eigenvalue weighted by atomic mass is 35.5. The van der Waals surface area contributed by atoms with Crippen LogP contribution in [0, 0.1) is 13.8 Å². The van der Waals surface area contributed by atoms with E-state index in [2.05, 4.69) is 5.32 Å². The Morgan fingerprint density at radius 1 is 0.955 bits per heavy atom. The summed E-state index contributed by atoms with van der Waals surface area (Å²) in [4.78, 5) is 29.7. The number of carbonyl (C=O) groups is 2. The molecule has 3 aromatic carbocycles. The Morgan fingerprint density at radius 2 is 1.64 bits per heavy atom. The molecular formula is C35H44ClN3O4S. The fourth-order valence-electron chi connectivity index (χ4n) is 5.88. The van der Waals surface area contributed by atoms with Crippen molar-refractivity contribution in [1.82, 2.24) is 10.2 Å². The van der Waals surface area contributed by atoms with Crippen LogP contribution in [0.1, 0.15) is 67.2 Å². The van der Waals surface area contributed by atoms with Crippen molar-refractivity contribution in [2.24, 2.45) is 0 Å². The van der Waals surface area contributed by atoms with Crippen molar-refractivity contribution in [3.63, 3.8) is 0 Å². The number of rotatable bonds is 13. The molecule has 0 radical (unpaired) electrons. The summed E-state index contributed by atoms with van der Waals surface area (Å²) in [6.45, 7) is 4.11. The first-order valence-electron chi connectivity index (χ1n) is 15.4. The monoisotopic (exact) mass is 637 g/mol. The van der Waals surface area contributed by atoms with Crippen LogP contribution in [0.4, 0.5) is 5.69 Å². The third kappa shape index (κ3) is 9.32. The molecule has 1 fully saturated rings. The van der Waals surface area contributed by atoms with Gasteiger partial charge in [0.2, 0.25) is 21.8 Å². The number of sulfonamides is 1. The van der Waals surface area contributed by atoms with Crippen LogP contribution in [0.2, 0.25) is 5.02 Å². The van der Waals surface area contributed by atoms with Crippen LogP contribution >= 0.6 is 11.6 Å². The van der Waals surface area contributed by atoms with Crippen molar-refractivity contribution in [2.45, 2.75) is 83.8 Å². The van der Waals surface area contributed by atoms with E-state index in [0.29, 0.717) is 23.6 Å². The summed E-state index contributed by atoms with van der Waals surface area (Å²) in [6.07, 6.45) is 7.10. The predicted octanol–water partition coefficient (Wildman–Crippen LogP) is 6.59. The molecule has 1 unspecified atom stereocenters. The first-order chi connectivity index (χ1) is 21.0. The molecule has 7 nitrogen and oxygen atoms in total. The van der Waals surface area contributed by atoms with Crippen molar-refractivity contribution in [1.29, 1.82) is 0 Å². The Balaban J connectivity index is 1.61. The lowest BCUT2D eigenvalue weighted by molar-refractivity contribution is -0.141. The Labute approximate surface area is 267 Å². The number of anilines is 1. The van der Waals surface area contributed by atoms with Gasteiger partial charge in [0.15, 0.2) is 0 Å². The Kier molecular flexibility index (Phi) is 11.9. The number of aryl methyl sites for hydroxylation is 2. The summed E-state index contributed by atoms with van der Waals surface area (Å²) in [5.41, 5.74) is 4.11. The third-order valence-corrected chi connectivity index (χ3v) is 9.86. The minimum Gasteiger partial charge on any atom is -0.352 e. The van der Waals surface area contributed by atoms with Crippen LogP contribution in [0.5, 0.6) is 0 Å². The van der Waals surface area contributed by atoms with E-state index < -0.39 is 16.1 Å². The summed E-state index contributed by atoms with van der Waals surface area (Å²) < 4.78 is 27.0. The standard InChI is InChI=1S/C35H44ClN3O4S/c1-26-20-21-27(2)32(23-26)39(44(3,42)43)22-12-19-34(40)38(25-29-15-10-11-18-31(29)36)33(24-28-13-6-4-7-14-28)35(41)37-30-16-8-5-9-17-30/h4,6-7,10-11,13-15,18,20-21,23,30,33H,5,8-9,12,16-17,19,22,24-25H2,1-3H3,(H,37,41). The van der Waals surface area contributed by atoms with E-state index in [0.717, 1.165) is 47.9 Å². The van der Waals surface area contributed by atoms with E-state index in [-0.39, 0.29) is 37.4 Å². The molecule has 4 rings (SSSR count). The number of amides is 2. The zero-order valence-electron chi connectivity index (χ0n) is 26.0. The first kappa shape index (κ1) is 33.5. The molecule has 1 N–H and O–H groups in total. The highest BCUT2D eigenvalue weighted by Gasteiger charge is 2.32. The second-order valence-corrected chi connectivity index (χ2v) is 14.2. The van der Waals surface area contributed by atoms with Gasteiger partial charge < -0.3 is 10.2 Å². The van der Waals surface area contributed by atoms with Crippen molar-refractivity contribution in [3.8, 4) is 0 Å². The molecule has 0 aliphatic heterocycles. The molecule has 44 heavy (non-hydrogen) atoms. The topological polar surface area (TPSA) is 86.8 Å². The maximum Gasteiger partial charge on any atom is 0.243 e. The van der Waals surface area contributed by atoms with Crippen LogP contribution < -0.4 is 9.62 Å². The molecule has 2 amide bonds. The van der Waals surface area contributed by atoms with Gasteiger partial charge in [0.1, 0.15) is 6.04 Å². The molecule has 1 saturated carbocycles. The summed E-state index contributed by atoms with van der Waals surface area (Å²) in [6, 6.07) is 22.1. The molecule has 1 atom stereocenters. The van der Waals surface area contributed by atoms with Gasteiger partial charge in [-0.05, 0) is 67.5 Å². The van der Waals surface area contributed by atoms with E-state index in [1.807, 2.05) is 80.6 Å². The molecular weight excluding hydrogens is 594 g/mol. The number of hydrogen-bond donors (Lipinski definition) is 1. The molecule has 0 saturated heterocycles. The van der Waals surface area contributed by atoms with Crippen molar-refractivity contribution in [2.75, 3.05) is 17.1 Å². The van der Waals surface area contributed by atoms with Gasteiger partial charge in [-0.1, -0.05) is 91.5 Å². The number of carbonyl (C=O) groups excluding carboxylic acids is 2. The first-order valence-corrected chi connectivity index (χ1v) is 17.7. The summed E-state index contributed by atoms with van der Waals surface area (Å²) in [7, 11) is -3.59. The maximum atomic E-state index is 14.1. The maximum absolute atomic E-state index is 14.1. The second kappa shape index (κ2) is 15.6. The van der Waals surface area contributed by atoms with Gasteiger partial charge in [-0.3, -0.25) is 13.9 Å². The normalized spacial score (nSPS) is 14.5. The van der Waals surface area contributed by atoms with Gasteiger partial charge in [-0.25, -0.2) is 8.42 Å². The number of hydrogen-bond acceptors (Lipinski definition) is 4. The fourth-order valence-corrected chi connectivity index (χ4v) is 7.09. The highest BCUT2D eigenvalue weighted by Crippen LogP contribution is 2.26. The summed E-state index contributed by atoms with van der Waals surface area (Å²) in [5, 5.41) is 3.77. The minimum atomic E-state index is -3.59. The average Bonchev–Trinajstić information content (AvgIpc) is 2.99. The Morgan fingerprint density at radius 3 is 2.32 bits per heavy atom. The largest absolute Gasteiger partial charge is 0.352 e. The van der Waals surface area contributed by atoms with Crippen LogP contribution in [0.25, 0.3) is 0 Å². The molecule has 1 aliphatic rings. The van der Waals surface area contributed by atoms with Crippen molar-refractivity contribution < 1.29 is 18.0 Å². The molecule has 0 bridgehead atoms. The van der Waals surface area contributed by atoms with Gasteiger partial charge in [0.05, 0.1) is 11.9 Å². The minimum absolute atomic E-state index is 0.0728. The zero-order valence-corrected chi connectivity index (χ0v) is 27.5. The quantitative estimate of drug-likeness (QED) is 0.229. The van der Waals surface area contributed by atoms with Crippen molar-refractivity contribution in [3.05, 3.63) is 100 Å². The second-order valence-electron chi connectivity index (χ2n) is 11.9. The number of nitrogens with zero attached hydrogens (tertiary/aromatic N) is 2. The SMILES string of the molecule is Cc1ccc(C)c(N(CCCC(=O)N(Cc2ccccc2Cl)C(Cc2ccccc2)C(=O)NC2CCCCC2)S(C)(=O)=O)c1. The summed E-state index contributed by atoms with van der Waals surface area (Å²) in [5.74, 6) is -0.395. The molecule has 0 aromatic heterocycles. The molecule has 236 valence electrons. The predicted molar refractivity (Wildman–Crippen MR) is 178 cm³/mol. The van der Waals surface area contributed by atoms with Gasteiger partial charge in [0.25, 0.3) is 0 Å². The van der Waals surface area contributed by atoms with E-state index in [4.69, 9.17) is 11.6 Å². The molecule has 0 spiro atoms. The lowest BCUT2D eigenvalue weighted by Gasteiger charge is -2.34. The number of halogens is 1. The highest BCUT2D eigenvalue weighted by molar-refractivity contribution is 7.92. The molecule has 9 heteroatoms. The van der Waals surface area contributed by atoms with Crippen LogP contribution in [0.15, 0.2) is 72.8 Å². The van der Waals surface area contributed by atoms with Crippen LogP contribution in [0.3, 0.4) is 0 Å². The zero-order chi connectivity index (χ0) is 31.7. The average molecular weight is 638 g/mol. The van der Waals surface area contributed by atoms with Crippen LogP contribution in [-0.4, -0.2) is 50.0 Å². The lowest BCUT2D eigenvalue weighted by atomic mass is 9.94.